The number of aliphatic hydroxyl groups excluding tert-OH is 1. The molecule has 18 heavy (non-hydrogen) atoms. The zero-order valence-electron chi connectivity index (χ0n) is 10.9. The second kappa shape index (κ2) is 4.47. The highest BCUT2D eigenvalue weighted by atomic mass is 19.1. The number of benzene rings is 1. The molecule has 0 saturated carbocycles. The summed E-state index contributed by atoms with van der Waals surface area (Å²) < 4.78 is 27.9. The van der Waals surface area contributed by atoms with Crippen molar-refractivity contribution in [2.45, 2.75) is 39.7 Å². The first-order valence-electron chi connectivity index (χ1n) is 6.14. The van der Waals surface area contributed by atoms with Gasteiger partial charge in [0, 0.05) is 5.56 Å². The van der Waals surface area contributed by atoms with Crippen molar-refractivity contribution in [2.24, 2.45) is 5.41 Å². The highest BCUT2D eigenvalue weighted by Gasteiger charge is 2.30. The lowest BCUT2D eigenvalue weighted by Gasteiger charge is -2.33. The van der Waals surface area contributed by atoms with Gasteiger partial charge in [-0.1, -0.05) is 26.0 Å². The molecule has 1 aromatic rings. The minimum absolute atomic E-state index is 0.0156. The number of rotatable bonds is 1. The lowest BCUT2D eigenvalue weighted by molar-refractivity contribution is 0.146. The molecule has 2 rings (SSSR count). The third-order valence-corrected chi connectivity index (χ3v) is 3.43. The Kier molecular flexibility index (Phi) is 3.28. The molecule has 0 radical (unpaired) electrons. The molecule has 0 aromatic heterocycles. The van der Waals surface area contributed by atoms with Crippen LogP contribution in [0.15, 0.2) is 18.2 Å². The van der Waals surface area contributed by atoms with E-state index in [9.17, 15) is 13.9 Å². The van der Waals surface area contributed by atoms with E-state index in [2.05, 4.69) is 0 Å². The normalized spacial score (nSPS) is 22.8. The first-order chi connectivity index (χ1) is 8.30. The van der Waals surface area contributed by atoms with Crippen molar-refractivity contribution in [3.63, 3.8) is 0 Å². The van der Waals surface area contributed by atoms with Crippen LogP contribution in [-0.4, -0.2) is 11.2 Å². The van der Waals surface area contributed by atoms with Gasteiger partial charge in [-0.15, -0.1) is 0 Å². The Bertz CT molecular complexity index is 503. The monoisotopic (exact) mass is 252 g/mol. The van der Waals surface area contributed by atoms with Crippen LogP contribution in [0.3, 0.4) is 0 Å². The first kappa shape index (κ1) is 13.2. The highest BCUT2D eigenvalue weighted by molar-refractivity contribution is 5.69. The van der Waals surface area contributed by atoms with Crippen LogP contribution in [0.2, 0.25) is 0 Å². The molecule has 1 unspecified atom stereocenters. The van der Waals surface area contributed by atoms with Gasteiger partial charge in [-0.05, 0) is 42.4 Å². The van der Waals surface area contributed by atoms with Crippen molar-refractivity contribution < 1.29 is 13.9 Å². The Balaban J connectivity index is 2.52. The predicted octanol–water partition coefficient (Wildman–Crippen LogP) is 3.84. The van der Waals surface area contributed by atoms with Gasteiger partial charge in [-0.3, -0.25) is 0 Å². The van der Waals surface area contributed by atoms with Crippen molar-refractivity contribution >= 4 is 5.57 Å². The SMILES string of the molecule is Cc1ccc(F)c(C2=CC(O)CC(C)(C)C2)c1F. The summed E-state index contributed by atoms with van der Waals surface area (Å²) in [7, 11) is 0. The van der Waals surface area contributed by atoms with Crippen LogP contribution in [0.4, 0.5) is 8.78 Å². The summed E-state index contributed by atoms with van der Waals surface area (Å²) in [6, 6.07) is 2.71. The molecule has 3 heteroatoms. The molecule has 0 bridgehead atoms. The summed E-state index contributed by atoms with van der Waals surface area (Å²) >= 11 is 0. The van der Waals surface area contributed by atoms with Crippen LogP contribution in [-0.2, 0) is 0 Å². The molecular formula is C15H18F2O. The van der Waals surface area contributed by atoms with Gasteiger partial charge in [-0.25, -0.2) is 8.78 Å². The fourth-order valence-corrected chi connectivity index (χ4v) is 2.63. The first-order valence-corrected chi connectivity index (χ1v) is 6.14. The maximum absolute atomic E-state index is 14.1. The fraction of sp³-hybridized carbons (Fsp3) is 0.467. The van der Waals surface area contributed by atoms with E-state index in [1.54, 1.807) is 13.0 Å². The van der Waals surface area contributed by atoms with Crippen molar-refractivity contribution in [1.29, 1.82) is 0 Å². The maximum Gasteiger partial charge on any atom is 0.136 e. The fourth-order valence-electron chi connectivity index (χ4n) is 2.63. The van der Waals surface area contributed by atoms with Crippen LogP contribution in [0.1, 0.15) is 37.8 Å². The molecule has 1 aliphatic carbocycles. The Morgan fingerprint density at radius 3 is 2.56 bits per heavy atom. The Morgan fingerprint density at radius 1 is 1.28 bits per heavy atom. The van der Waals surface area contributed by atoms with Gasteiger partial charge in [0.25, 0.3) is 0 Å². The average Bonchev–Trinajstić information content (AvgIpc) is 2.21. The summed E-state index contributed by atoms with van der Waals surface area (Å²) in [6.45, 7) is 5.60. The largest absolute Gasteiger partial charge is 0.389 e. The molecule has 0 amide bonds. The quantitative estimate of drug-likeness (QED) is 0.805. The molecule has 1 nitrogen and oxygen atoms in total. The van der Waals surface area contributed by atoms with E-state index < -0.39 is 17.7 Å². The average molecular weight is 252 g/mol. The topological polar surface area (TPSA) is 20.2 Å². The second-order valence-electron chi connectivity index (χ2n) is 5.86. The predicted molar refractivity (Wildman–Crippen MR) is 68.1 cm³/mol. The van der Waals surface area contributed by atoms with Gasteiger partial charge in [0.1, 0.15) is 11.6 Å². The zero-order chi connectivity index (χ0) is 13.5. The minimum atomic E-state index is -0.636. The van der Waals surface area contributed by atoms with Gasteiger partial charge in [0.05, 0.1) is 6.10 Å². The summed E-state index contributed by atoms with van der Waals surface area (Å²) in [4.78, 5) is 0. The number of aliphatic hydroxyl groups is 1. The van der Waals surface area contributed by atoms with Gasteiger partial charge in [0.2, 0.25) is 0 Å². The molecule has 0 fully saturated rings. The lowest BCUT2D eigenvalue weighted by atomic mass is 9.74. The number of allylic oxidation sites excluding steroid dienone is 1. The molecule has 0 spiro atoms. The molecule has 1 aliphatic rings. The van der Waals surface area contributed by atoms with E-state index in [1.165, 1.54) is 12.1 Å². The van der Waals surface area contributed by atoms with Gasteiger partial charge >= 0.3 is 0 Å². The van der Waals surface area contributed by atoms with E-state index in [0.29, 0.717) is 24.0 Å². The Hall–Kier alpha value is -1.22. The van der Waals surface area contributed by atoms with Crippen LogP contribution in [0, 0.1) is 24.0 Å². The third-order valence-electron chi connectivity index (χ3n) is 3.43. The van der Waals surface area contributed by atoms with Gasteiger partial charge in [0.15, 0.2) is 0 Å². The summed E-state index contributed by atoms with van der Waals surface area (Å²) in [5, 5.41) is 9.81. The molecule has 1 aromatic carbocycles. The summed E-state index contributed by atoms with van der Waals surface area (Å²) in [6.07, 6.45) is 2.13. The van der Waals surface area contributed by atoms with E-state index in [1.807, 2.05) is 13.8 Å². The molecule has 0 aliphatic heterocycles. The smallest absolute Gasteiger partial charge is 0.136 e. The van der Waals surface area contributed by atoms with Gasteiger partial charge in [-0.2, -0.15) is 0 Å². The molecule has 1 atom stereocenters. The lowest BCUT2D eigenvalue weighted by Crippen LogP contribution is -2.25. The van der Waals surface area contributed by atoms with Crippen molar-refractivity contribution in [1.82, 2.24) is 0 Å². The molecule has 98 valence electrons. The number of hydrogen-bond acceptors (Lipinski definition) is 1. The van der Waals surface area contributed by atoms with E-state index >= 15 is 0 Å². The number of halogens is 2. The molecular weight excluding hydrogens is 234 g/mol. The number of aryl methyl sites for hydroxylation is 1. The molecule has 1 N–H and O–H groups in total. The van der Waals surface area contributed by atoms with E-state index in [4.69, 9.17) is 0 Å². The van der Waals surface area contributed by atoms with Crippen molar-refractivity contribution in [3.05, 3.63) is 41.0 Å². The van der Waals surface area contributed by atoms with Crippen molar-refractivity contribution in [3.8, 4) is 0 Å². The Labute approximate surface area is 106 Å². The Morgan fingerprint density at radius 2 is 1.94 bits per heavy atom. The van der Waals surface area contributed by atoms with E-state index in [-0.39, 0.29) is 11.0 Å². The van der Waals surface area contributed by atoms with Crippen LogP contribution in [0.25, 0.3) is 5.57 Å². The molecule has 0 heterocycles. The van der Waals surface area contributed by atoms with Crippen LogP contribution in [0.5, 0.6) is 0 Å². The minimum Gasteiger partial charge on any atom is -0.389 e. The maximum atomic E-state index is 14.1. The third kappa shape index (κ3) is 2.46. The van der Waals surface area contributed by atoms with Crippen LogP contribution < -0.4 is 0 Å². The van der Waals surface area contributed by atoms with Crippen molar-refractivity contribution in [2.75, 3.05) is 0 Å². The van der Waals surface area contributed by atoms with Gasteiger partial charge < -0.3 is 5.11 Å². The van der Waals surface area contributed by atoms with E-state index in [0.717, 1.165) is 0 Å². The standard InChI is InChI=1S/C15H18F2O/c1-9-4-5-12(16)13(14(9)17)10-6-11(18)8-15(2,3)7-10/h4-6,11,18H,7-8H2,1-3H3. The molecule has 0 saturated heterocycles. The summed E-state index contributed by atoms with van der Waals surface area (Å²) in [5.41, 5.74) is 0.857. The number of hydrogen-bond donors (Lipinski definition) is 1. The summed E-state index contributed by atoms with van der Waals surface area (Å²) in [5.74, 6) is -1.08. The van der Waals surface area contributed by atoms with Crippen LogP contribution >= 0.6 is 0 Å². The highest BCUT2D eigenvalue weighted by Crippen LogP contribution is 2.41. The second-order valence-corrected chi connectivity index (χ2v) is 5.86. The zero-order valence-corrected chi connectivity index (χ0v) is 10.9.